The van der Waals surface area contributed by atoms with E-state index in [0.717, 1.165) is 11.6 Å². The first kappa shape index (κ1) is 9.92. The van der Waals surface area contributed by atoms with Crippen molar-refractivity contribution in [3.63, 3.8) is 0 Å². The lowest BCUT2D eigenvalue weighted by molar-refractivity contribution is 0.452. The Morgan fingerprint density at radius 3 is 2.86 bits per heavy atom. The van der Waals surface area contributed by atoms with E-state index in [0.29, 0.717) is 11.3 Å². The highest BCUT2D eigenvalue weighted by atomic mass is 32.2. The van der Waals surface area contributed by atoms with Crippen molar-refractivity contribution >= 4 is 11.8 Å². The Balaban J connectivity index is 1.99. The summed E-state index contributed by atoms with van der Waals surface area (Å²) in [5.41, 5.74) is 6.05. The fourth-order valence-corrected chi connectivity index (χ4v) is 2.87. The number of aromatic nitrogens is 4. The predicted molar refractivity (Wildman–Crippen MR) is 54.9 cm³/mol. The summed E-state index contributed by atoms with van der Waals surface area (Å²) in [6.07, 6.45) is 4.84. The van der Waals surface area contributed by atoms with Gasteiger partial charge in [0.1, 0.15) is 0 Å². The van der Waals surface area contributed by atoms with Crippen LogP contribution in [0.2, 0.25) is 0 Å². The zero-order chi connectivity index (χ0) is 9.97. The van der Waals surface area contributed by atoms with E-state index in [4.69, 9.17) is 5.73 Å². The van der Waals surface area contributed by atoms with E-state index in [1.807, 2.05) is 7.05 Å². The van der Waals surface area contributed by atoms with Gasteiger partial charge in [0.2, 0.25) is 5.16 Å². The Kier molecular flexibility index (Phi) is 3.02. The minimum atomic E-state index is 0.297. The molecule has 5 nitrogen and oxygen atoms in total. The quantitative estimate of drug-likeness (QED) is 0.778. The number of tetrazole rings is 1. The number of aryl methyl sites for hydroxylation is 1. The Morgan fingerprint density at radius 2 is 2.21 bits per heavy atom. The topological polar surface area (TPSA) is 69.6 Å². The SMILES string of the molecule is Cn1nnnc1SC1CCCCC1N. The summed E-state index contributed by atoms with van der Waals surface area (Å²) in [5, 5.41) is 12.7. The van der Waals surface area contributed by atoms with Crippen LogP contribution in [0.15, 0.2) is 5.16 Å². The number of nitrogens with zero attached hydrogens (tertiary/aromatic N) is 4. The van der Waals surface area contributed by atoms with Crippen molar-refractivity contribution in [2.45, 2.75) is 42.1 Å². The summed E-state index contributed by atoms with van der Waals surface area (Å²) in [4.78, 5) is 0. The third-order valence-corrected chi connectivity index (χ3v) is 4.04. The van der Waals surface area contributed by atoms with Crippen molar-refractivity contribution in [2.24, 2.45) is 12.8 Å². The zero-order valence-corrected chi connectivity index (χ0v) is 9.07. The third-order valence-electron chi connectivity index (χ3n) is 2.59. The predicted octanol–water partition coefficient (Wildman–Crippen LogP) is 0.572. The van der Waals surface area contributed by atoms with Gasteiger partial charge in [-0.2, -0.15) is 0 Å². The van der Waals surface area contributed by atoms with E-state index >= 15 is 0 Å². The lowest BCUT2D eigenvalue weighted by atomic mass is 9.96. The van der Waals surface area contributed by atoms with E-state index in [-0.39, 0.29) is 0 Å². The maximum atomic E-state index is 6.05. The summed E-state index contributed by atoms with van der Waals surface area (Å²) in [5.74, 6) is 0. The molecule has 0 aromatic carbocycles. The standard InChI is InChI=1S/C8H15N5S/c1-13-8(10-11-12-13)14-7-5-3-2-4-6(7)9/h6-7H,2-5,9H2,1H3. The number of thioether (sulfide) groups is 1. The molecule has 6 heteroatoms. The Morgan fingerprint density at radius 1 is 1.43 bits per heavy atom. The number of hydrogen-bond donors (Lipinski definition) is 1. The molecular formula is C8H15N5S. The van der Waals surface area contributed by atoms with Gasteiger partial charge in [-0.15, -0.1) is 5.10 Å². The van der Waals surface area contributed by atoms with E-state index < -0.39 is 0 Å². The van der Waals surface area contributed by atoms with E-state index in [9.17, 15) is 0 Å². The Bertz CT molecular complexity index is 300. The molecule has 0 aliphatic heterocycles. The second-order valence-electron chi connectivity index (χ2n) is 3.69. The average Bonchev–Trinajstić information content (AvgIpc) is 2.56. The molecule has 2 N–H and O–H groups in total. The van der Waals surface area contributed by atoms with Crippen molar-refractivity contribution in [1.29, 1.82) is 0 Å². The van der Waals surface area contributed by atoms with Crippen LogP contribution in [0, 0.1) is 0 Å². The third kappa shape index (κ3) is 2.06. The van der Waals surface area contributed by atoms with E-state index in [1.54, 1.807) is 16.4 Å². The molecule has 1 aromatic rings. The molecule has 1 aliphatic rings. The molecule has 0 bridgehead atoms. The van der Waals surface area contributed by atoms with Crippen LogP contribution in [0.5, 0.6) is 0 Å². The molecule has 0 saturated heterocycles. The van der Waals surface area contributed by atoms with Gasteiger partial charge in [0.15, 0.2) is 0 Å². The Hall–Kier alpha value is -0.620. The second kappa shape index (κ2) is 4.27. The lowest BCUT2D eigenvalue weighted by Crippen LogP contribution is -2.35. The van der Waals surface area contributed by atoms with Gasteiger partial charge < -0.3 is 5.73 Å². The minimum Gasteiger partial charge on any atom is -0.327 e. The van der Waals surface area contributed by atoms with E-state index in [1.165, 1.54) is 19.3 Å². The lowest BCUT2D eigenvalue weighted by Gasteiger charge is -2.26. The van der Waals surface area contributed by atoms with Crippen LogP contribution in [-0.4, -0.2) is 31.5 Å². The normalized spacial score (nSPS) is 27.9. The minimum absolute atomic E-state index is 0.297. The van der Waals surface area contributed by atoms with Crippen LogP contribution in [-0.2, 0) is 7.05 Å². The zero-order valence-electron chi connectivity index (χ0n) is 8.26. The largest absolute Gasteiger partial charge is 0.327 e. The molecule has 1 aliphatic carbocycles. The van der Waals surface area contributed by atoms with Crippen molar-refractivity contribution in [2.75, 3.05) is 0 Å². The Labute approximate surface area is 87.4 Å². The molecule has 1 aromatic heterocycles. The maximum Gasteiger partial charge on any atom is 0.209 e. The summed E-state index contributed by atoms with van der Waals surface area (Å²) >= 11 is 1.71. The molecule has 0 amide bonds. The highest BCUT2D eigenvalue weighted by Gasteiger charge is 2.24. The smallest absolute Gasteiger partial charge is 0.209 e. The number of nitrogens with two attached hydrogens (primary N) is 1. The van der Waals surface area contributed by atoms with Gasteiger partial charge in [-0.1, -0.05) is 24.6 Å². The average molecular weight is 213 g/mol. The molecule has 2 unspecified atom stereocenters. The van der Waals surface area contributed by atoms with Crippen molar-refractivity contribution in [1.82, 2.24) is 20.2 Å². The molecule has 1 heterocycles. The van der Waals surface area contributed by atoms with Gasteiger partial charge >= 0.3 is 0 Å². The molecule has 1 saturated carbocycles. The highest BCUT2D eigenvalue weighted by Crippen LogP contribution is 2.31. The monoisotopic (exact) mass is 213 g/mol. The van der Waals surface area contributed by atoms with Crippen LogP contribution < -0.4 is 5.73 Å². The van der Waals surface area contributed by atoms with Gasteiger partial charge in [0.05, 0.1) is 0 Å². The molecule has 78 valence electrons. The van der Waals surface area contributed by atoms with Crippen molar-refractivity contribution in [3.05, 3.63) is 0 Å². The number of hydrogen-bond acceptors (Lipinski definition) is 5. The fraction of sp³-hybridized carbons (Fsp3) is 0.875. The van der Waals surface area contributed by atoms with Crippen molar-refractivity contribution < 1.29 is 0 Å². The molecule has 2 atom stereocenters. The van der Waals surface area contributed by atoms with Crippen LogP contribution in [0.4, 0.5) is 0 Å². The molecule has 14 heavy (non-hydrogen) atoms. The van der Waals surface area contributed by atoms with Gasteiger partial charge in [0, 0.05) is 18.3 Å². The maximum absolute atomic E-state index is 6.05. The first-order valence-corrected chi connectivity index (χ1v) is 5.80. The molecule has 2 rings (SSSR count). The van der Waals surface area contributed by atoms with Crippen LogP contribution in [0.25, 0.3) is 0 Å². The van der Waals surface area contributed by atoms with Gasteiger partial charge in [-0.3, -0.25) is 0 Å². The fourth-order valence-electron chi connectivity index (χ4n) is 1.73. The molecular weight excluding hydrogens is 198 g/mol. The van der Waals surface area contributed by atoms with Crippen molar-refractivity contribution in [3.8, 4) is 0 Å². The molecule has 1 fully saturated rings. The second-order valence-corrected chi connectivity index (χ2v) is 4.90. The highest BCUT2D eigenvalue weighted by molar-refractivity contribution is 7.99. The first-order chi connectivity index (χ1) is 6.77. The summed E-state index contributed by atoms with van der Waals surface area (Å²) in [7, 11) is 1.86. The van der Waals surface area contributed by atoms with Crippen LogP contribution in [0.3, 0.4) is 0 Å². The summed E-state index contributed by atoms with van der Waals surface area (Å²) < 4.78 is 1.70. The van der Waals surface area contributed by atoms with Crippen LogP contribution >= 0.6 is 11.8 Å². The van der Waals surface area contributed by atoms with Crippen LogP contribution in [0.1, 0.15) is 25.7 Å². The van der Waals surface area contributed by atoms with Gasteiger partial charge in [0.25, 0.3) is 0 Å². The number of rotatable bonds is 2. The summed E-state index contributed by atoms with van der Waals surface area (Å²) in [6.45, 7) is 0. The van der Waals surface area contributed by atoms with Gasteiger partial charge in [-0.05, 0) is 23.3 Å². The van der Waals surface area contributed by atoms with E-state index in [2.05, 4.69) is 15.5 Å². The molecule has 0 spiro atoms. The van der Waals surface area contributed by atoms with Gasteiger partial charge in [-0.25, -0.2) is 4.68 Å². The first-order valence-electron chi connectivity index (χ1n) is 4.92. The summed E-state index contributed by atoms with van der Waals surface area (Å²) in [6, 6.07) is 0.297. The molecule has 0 radical (unpaired) electrons.